The van der Waals surface area contributed by atoms with Crippen LogP contribution in [0.3, 0.4) is 0 Å². The number of methoxy groups -OCH3 is 1. The van der Waals surface area contributed by atoms with Crippen LogP contribution < -0.4 is 16.0 Å². The topological polar surface area (TPSA) is 47.3 Å². The summed E-state index contributed by atoms with van der Waals surface area (Å²) in [6, 6.07) is 8.50. The Hall–Kier alpha value is -1.06. The number of nitrogens with one attached hydrogen (secondary N) is 1. The van der Waals surface area contributed by atoms with E-state index in [0.29, 0.717) is 12.0 Å². The smallest absolute Gasteiger partial charge is 0.122 e. The number of benzene rings is 1. The number of ether oxygens (including phenoxy) is 1. The minimum atomic E-state index is 0.313. The van der Waals surface area contributed by atoms with Gasteiger partial charge in [-0.25, -0.2) is 0 Å². The van der Waals surface area contributed by atoms with Gasteiger partial charge in [0.25, 0.3) is 0 Å². The molecule has 0 saturated heterocycles. The zero-order valence-electron chi connectivity index (χ0n) is 12.5. The van der Waals surface area contributed by atoms with Gasteiger partial charge in [-0.1, -0.05) is 51.3 Å². The average Bonchev–Trinajstić information content (AvgIpc) is 2.47. The Morgan fingerprint density at radius 2 is 2.00 bits per heavy atom. The van der Waals surface area contributed by atoms with Crippen molar-refractivity contribution in [1.82, 2.24) is 5.43 Å². The highest BCUT2D eigenvalue weighted by Gasteiger charge is 2.20. The highest BCUT2D eigenvalue weighted by molar-refractivity contribution is 5.33. The predicted octanol–water partition coefficient (Wildman–Crippen LogP) is 3.29. The number of hydrazine groups is 1. The van der Waals surface area contributed by atoms with Gasteiger partial charge < -0.3 is 4.74 Å². The van der Waals surface area contributed by atoms with E-state index < -0.39 is 0 Å². The molecule has 0 saturated carbocycles. The molecule has 0 aliphatic heterocycles. The zero-order chi connectivity index (χ0) is 14.1. The molecule has 3 N–H and O–H groups in total. The van der Waals surface area contributed by atoms with Gasteiger partial charge in [0.15, 0.2) is 0 Å². The first-order valence-electron chi connectivity index (χ1n) is 7.34. The first kappa shape index (κ1) is 16.0. The van der Waals surface area contributed by atoms with Gasteiger partial charge in [0.05, 0.1) is 7.11 Å². The number of nitrogens with two attached hydrogens (primary N) is 1. The molecule has 0 bridgehead atoms. The van der Waals surface area contributed by atoms with Crippen LogP contribution in [-0.2, 0) is 6.42 Å². The Balaban J connectivity index is 2.73. The molecule has 19 heavy (non-hydrogen) atoms. The molecule has 0 aliphatic rings. The fourth-order valence-electron chi connectivity index (χ4n) is 2.63. The molecule has 1 rings (SSSR count). The lowest BCUT2D eigenvalue weighted by atomic mass is 9.87. The normalized spacial score (nSPS) is 14.1. The molecule has 0 aromatic heterocycles. The molecule has 0 heterocycles. The molecule has 2 atom stereocenters. The zero-order valence-corrected chi connectivity index (χ0v) is 12.5. The highest BCUT2D eigenvalue weighted by atomic mass is 16.5. The van der Waals surface area contributed by atoms with Crippen molar-refractivity contribution in [2.24, 2.45) is 11.8 Å². The fourth-order valence-corrected chi connectivity index (χ4v) is 2.63. The molecular weight excluding hydrogens is 236 g/mol. The first-order chi connectivity index (χ1) is 9.26. The lowest BCUT2D eigenvalue weighted by Crippen LogP contribution is -2.42. The number of para-hydroxylation sites is 1. The Morgan fingerprint density at radius 3 is 2.58 bits per heavy atom. The maximum absolute atomic E-state index is 5.77. The molecule has 0 aliphatic carbocycles. The van der Waals surface area contributed by atoms with E-state index in [4.69, 9.17) is 10.6 Å². The minimum Gasteiger partial charge on any atom is -0.496 e. The Labute approximate surface area is 117 Å². The van der Waals surface area contributed by atoms with E-state index in [1.165, 1.54) is 24.8 Å². The third kappa shape index (κ3) is 4.84. The van der Waals surface area contributed by atoms with Crippen molar-refractivity contribution in [2.75, 3.05) is 7.11 Å². The predicted molar refractivity (Wildman–Crippen MR) is 81.1 cm³/mol. The monoisotopic (exact) mass is 264 g/mol. The summed E-state index contributed by atoms with van der Waals surface area (Å²) in [7, 11) is 1.72. The summed E-state index contributed by atoms with van der Waals surface area (Å²) in [5, 5.41) is 0. The van der Waals surface area contributed by atoms with Crippen LogP contribution >= 0.6 is 0 Å². The molecule has 0 spiro atoms. The summed E-state index contributed by atoms with van der Waals surface area (Å²) in [4.78, 5) is 0. The van der Waals surface area contributed by atoms with E-state index in [9.17, 15) is 0 Å². The van der Waals surface area contributed by atoms with Crippen LogP contribution in [0.15, 0.2) is 24.3 Å². The summed E-state index contributed by atoms with van der Waals surface area (Å²) in [6.07, 6.45) is 5.81. The quantitative estimate of drug-likeness (QED) is 0.531. The number of hydrogen-bond donors (Lipinski definition) is 2. The number of unbranched alkanes of at least 4 members (excludes halogenated alkanes) is 1. The van der Waals surface area contributed by atoms with Crippen molar-refractivity contribution in [3.63, 3.8) is 0 Å². The van der Waals surface area contributed by atoms with E-state index in [1.54, 1.807) is 7.11 Å². The van der Waals surface area contributed by atoms with Gasteiger partial charge in [-0.15, -0.1) is 0 Å². The van der Waals surface area contributed by atoms with E-state index in [0.717, 1.165) is 18.6 Å². The van der Waals surface area contributed by atoms with Crippen LogP contribution in [0.25, 0.3) is 0 Å². The maximum Gasteiger partial charge on any atom is 0.122 e. The molecule has 0 fully saturated rings. The molecule has 1 aromatic rings. The summed E-state index contributed by atoms with van der Waals surface area (Å²) in [5.41, 5.74) is 4.23. The highest BCUT2D eigenvalue weighted by Crippen LogP contribution is 2.24. The Morgan fingerprint density at radius 1 is 1.26 bits per heavy atom. The lowest BCUT2D eigenvalue weighted by Gasteiger charge is -2.26. The van der Waals surface area contributed by atoms with Gasteiger partial charge >= 0.3 is 0 Å². The van der Waals surface area contributed by atoms with E-state index in [1.807, 2.05) is 12.1 Å². The van der Waals surface area contributed by atoms with Crippen LogP contribution in [0.1, 0.15) is 45.1 Å². The second kappa shape index (κ2) is 8.94. The largest absolute Gasteiger partial charge is 0.496 e. The number of rotatable bonds is 9. The van der Waals surface area contributed by atoms with Gasteiger partial charge in [0, 0.05) is 6.04 Å². The summed E-state index contributed by atoms with van der Waals surface area (Å²) in [5.74, 6) is 7.34. The van der Waals surface area contributed by atoms with E-state index >= 15 is 0 Å². The molecule has 3 nitrogen and oxygen atoms in total. The molecule has 108 valence electrons. The van der Waals surface area contributed by atoms with Crippen LogP contribution in [-0.4, -0.2) is 13.2 Å². The number of hydrogen-bond acceptors (Lipinski definition) is 3. The van der Waals surface area contributed by atoms with Crippen LogP contribution in [0.2, 0.25) is 0 Å². The Kier molecular flexibility index (Phi) is 7.53. The van der Waals surface area contributed by atoms with Gasteiger partial charge in [-0.2, -0.15) is 0 Å². The molecule has 3 heteroatoms. The maximum atomic E-state index is 5.77. The lowest BCUT2D eigenvalue weighted by molar-refractivity contribution is 0.314. The second-order valence-corrected chi connectivity index (χ2v) is 5.10. The van der Waals surface area contributed by atoms with Crippen molar-refractivity contribution >= 4 is 0 Å². The van der Waals surface area contributed by atoms with Crippen LogP contribution in [0, 0.1) is 5.92 Å². The molecule has 2 unspecified atom stereocenters. The second-order valence-electron chi connectivity index (χ2n) is 5.10. The van der Waals surface area contributed by atoms with Gasteiger partial charge in [-0.3, -0.25) is 11.3 Å². The summed E-state index contributed by atoms with van der Waals surface area (Å²) in [6.45, 7) is 4.48. The molecular formula is C16H28N2O. The van der Waals surface area contributed by atoms with E-state index in [-0.39, 0.29) is 0 Å². The SMILES string of the molecule is CCCCC(CC)C(Cc1ccccc1OC)NN. The van der Waals surface area contributed by atoms with Crippen molar-refractivity contribution in [1.29, 1.82) is 0 Å². The Bertz CT molecular complexity index is 354. The third-order valence-corrected chi connectivity index (χ3v) is 3.87. The standard InChI is InChI=1S/C16H28N2O/c1-4-6-9-13(5-2)15(18-17)12-14-10-7-8-11-16(14)19-3/h7-8,10-11,13,15,18H,4-6,9,12,17H2,1-3H3. The summed E-state index contributed by atoms with van der Waals surface area (Å²) < 4.78 is 5.42. The third-order valence-electron chi connectivity index (χ3n) is 3.87. The average molecular weight is 264 g/mol. The van der Waals surface area contributed by atoms with Crippen LogP contribution in [0.5, 0.6) is 5.75 Å². The fraction of sp³-hybridized carbons (Fsp3) is 0.625. The van der Waals surface area contributed by atoms with Gasteiger partial charge in [-0.05, 0) is 30.4 Å². The van der Waals surface area contributed by atoms with Gasteiger partial charge in [0.1, 0.15) is 5.75 Å². The van der Waals surface area contributed by atoms with Crippen molar-refractivity contribution in [3.05, 3.63) is 29.8 Å². The minimum absolute atomic E-state index is 0.313. The van der Waals surface area contributed by atoms with Crippen molar-refractivity contribution in [2.45, 2.75) is 52.0 Å². The first-order valence-corrected chi connectivity index (χ1v) is 7.34. The van der Waals surface area contributed by atoms with E-state index in [2.05, 4.69) is 31.4 Å². The van der Waals surface area contributed by atoms with Crippen LogP contribution in [0.4, 0.5) is 0 Å². The van der Waals surface area contributed by atoms with Crippen molar-refractivity contribution in [3.8, 4) is 5.75 Å². The molecule has 0 radical (unpaired) electrons. The van der Waals surface area contributed by atoms with Crippen molar-refractivity contribution < 1.29 is 4.74 Å². The summed E-state index contributed by atoms with van der Waals surface area (Å²) >= 11 is 0. The molecule has 0 amide bonds. The van der Waals surface area contributed by atoms with Gasteiger partial charge in [0.2, 0.25) is 0 Å². The molecule has 1 aromatic carbocycles.